The first-order valence-corrected chi connectivity index (χ1v) is 6.72. The lowest BCUT2D eigenvalue weighted by Crippen LogP contribution is -2.33. The van der Waals surface area contributed by atoms with Gasteiger partial charge in [0.25, 0.3) is 5.91 Å². The van der Waals surface area contributed by atoms with E-state index in [1.165, 1.54) is 17.0 Å². The number of furan rings is 1. The number of amides is 1. The van der Waals surface area contributed by atoms with E-state index in [2.05, 4.69) is 0 Å². The zero-order chi connectivity index (χ0) is 15.4. The largest absolute Gasteiger partial charge is 0.497 e. The summed E-state index contributed by atoms with van der Waals surface area (Å²) in [6.45, 7) is -0.205. The Morgan fingerprint density at radius 1 is 1.33 bits per heavy atom. The Kier molecular flexibility index (Phi) is 4.88. The molecular weight excluding hydrogens is 294 g/mol. The van der Waals surface area contributed by atoms with Crippen LogP contribution in [-0.2, 0) is 0 Å². The van der Waals surface area contributed by atoms with Crippen LogP contribution in [0.1, 0.15) is 22.2 Å². The number of nitrogens with zero attached hydrogens (tertiary/aromatic N) is 1. The molecule has 1 heterocycles. The minimum absolute atomic E-state index is 0.134. The van der Waals surface area contributed by atoms with Gasteiger partial charge in [-0.15, -0.1) is 0 Å². The van der Waals surface area contributed by atoms with Crippen LogP contribution in [0.15, 0.2) is 40.8 Å². The lowest BCUT2D eigenvalue weighted by Gasteiger charge is -2.26. The molecule has 112 valence electrons. The van der Waals surface area contributed by atoms with Gasteiger partial charge >= 0.3 is 0 Å². The molecule has 0 bridgehead atoms. The minimum Gasteiger partial charge on any atom is -0.497 e. The number of likely N-dealkylation sites (N-methyl/N-ethyl adjacent to an activating group) is 1. The number of aliphatic hydroxyl groups is 1. The van der Waals surface area contributed by atoms with Crippen LogP contribution in [0.3, 0.4) is 0 Å². The monoisotopic (exact) mass is 309 g/mol. The maximum absolute atomic E-state index is 12.3. The van der Waals surface area contributed by atoms with Gasteiger partial charge in [-0.05, 0) is 41.4 Å². The molecule has 6 heteroatoms. The van der Waals surface area contributed by atoms with Crippen molar-refractivity contribution in [2.24, 2.45) is 0 Å². The summed E-state index contributed by atoms with van der Waals surface area (Å²) >= 11 is 5.67. The molecule has 2 aromatic rings. The molecule has 0 spiro atoms. The molecule has 0 saturated heterocycles. The average molecular weight is 310 g/mol. The first-order chi connectivity index (χ1) is 10.1. The van der Waals surface area contributed by atoms with Crippen LogP contribution < -0.4 is 4.74 Å². The number of aliphatic hydroxyl groups excluding tert-OH is 1. The van der Waals surface area contributed by atoms with Gasteiger partial charge in [0.05, 0.1) is 19.8 Å². The zero-order valence-electron chi connectivity index (χ0n) is 11.7. The summed E-state index contributed by atoms with van der Waals surface area (Å²) in [5.74, 6) is 0.494. The minimum atomic E-state index is -0.479. The third-order valence-electron chi connectivity index (χ3n) is 3.25. The van der Waals surface area contributed by atoms with E-state index in [4.69, 9.17) is 20.8 Å². The Hall–Kier alpha value is -1.98. The zero-order valence-corrected chi connectivity index (χ0v) is 12.5. The van der Waals surface area contributed by atoms with Crippen LogP contribution in [-0.4, -0.2) is 36.7 Å². The quantitative estimate of drug-likeness (QED) is 0.922. The van der Waals surface area contributed by atoms with Crippen LogP contribution in [0.5, 0.6) is 5.75 Å². The maximum Gasteiger partial charge on any atom is 0.289 e. The molecule has 1 unspecified atom stereocenters. The van der Waals surface area contributed by atoms with Crippen molar-refractivity contribution in [3.63, 3.8) is 0 Å². The van der Waals surface area contributed by atoms with E-state index in [1.54, 1.807) is 38.4 Å². The molecule has 0 aliphatic heterocycles. The molecule has 0 radical (unpaired) electrons. The number of rotatable bonds is 5. The Morgan fingerprint density at radius 2 is 2.00 bits per heavy atom. The fourth-order valence-electron chi connectivity index (χ4n) is 2.02. The molecule has 1 aromatic heterocycles. The standard InChI is InChI=1S/C15H16ClNO4/c1-17(15(19)13-7-8-14(16)21-13)12(9-18)10-3-5-11(20-2)6-4-10/h3-8,12,18H,9H2,1-2H3. The first kappa shape index (κ1) is 15.4. The van der Waals surface area contributed by atoms with Gasteiger partial charge in [0, 0.05) is 7.05 Å². The summed E-state index contributed by atoms with van der Waals surface area (Å²) in [5, 5.41) is 9.75. The molecule has 1 amide bonds. The van der Waals surface area contributed by atoms with E-state index in [0.717, 1.165) is 5.56 Å². The molecule has 0 fully saturated rings. The number of carbonyl (C=O) groups excluding carboxylic acids is 1. The molecule has 5 nitrogen and oxygen atoms in total. The molecule has 21 heavy (non-hydrogen) atoms. The van der Waals surface area contributed by atoms with Crippen LogP contribution in [0, 0.1) is 0 Å². The Bertz CT molecular complexity index is 608. The van der Waals surface area contributed by atoms with Gasteiger partial charge in [0.1, 0.15) is 5.75 Å². The predicted octanol–water partition coefficient (Wildman–Crippen LogP) is 2.75. The second-order valence-corrected chi connectivity index (χ2v) is 4.86. The second kappa shape index (κ2) is 6.65. The summed E-state index contributed by atoms with van der Waals surface area (Å²) in [6.07, 6.45) is 0. The van der Waals surface area contributed by atoms with E-state index in [0.29, 0.717) is 5.75 Å². The smallest absolute Gasteiger partial charge is 0.289 e. The van der Waals surface area contributed by atoms with Gasteiger partial charge in [-0.25, -0.2) is 0 Å². The summed E-state index contributed by atoms with van der Waals surface area (Å²) < 4.78 is 10.2. The summed E-state index contributed by atoms with van der Waals surface area (Å²) in [6, 6.07) is 9.69. The third-order valence-corrected chi connectivity index (χ3v) is 3.45. The highest BCUT2D eigenvalue weighted by Crippen LogP contribution is 2.24. The summed E-state index contributed by atoms with van der Waals surface area (Å²) in [7, 11) is 3.18. The van der Waals surface area contributed by atoms with Gasteiger partial charge in [0.15, 0.2) is 11.0 Å². The van der Waals surface area contributed by atoms with Gasteiger partial charge in [0.2, 0.25) is 0 Å². The SMILES string of the molecule is COc1ccc(C(CO)N(C)C(=O)c2ccc(Cl)o2)cc1. The van der Waals surface area contributed by atoms with Crippen LogP contribution >= 0.6 is 11.6 Å². The number of halogens is 1. The lowest BCUT2D eigenvalue weighted by atomic mass is 10.1. The van der Waals surface area contributed by atoms with Crippen molar-refractivity contribution < 1.29 is 19.1 Å². The molecule has 0 aliphatic carbocycles. The van der Waals surface area contributed by atoms with Crippen molar-refractivity contribution in [2.45, 2.75) is 6.04 Å². The molecule has 0 saturated carbocycles. The maximum atomic E-state index is 12.3. The number of hydrogen-bond acceptors (Lipinski definition) is 4. The second-order valence-electron chi connectivity index (χ2n) is 4.49. The van der Waals surface area contributed by atoms with Gasteiger partial charge in [-0.1, -0.05) is 12.1 Å². The van der Waals surface area contributed by atoms with E-state index < -0.39 is 6.04 Å². The van der Waals surface area contributed by atoms with E-state index >= 15 is 0 Å². The van der Waals surface area contributed by atoms with Gasteiger partial charge in [-0.2, -0.15) is 0 Å². The number of ether oxygens (including phenoxy) is 1. The van der Waals surface area contributed by atoms with E-state index in [9.17, 15) is 9.90 Å². The molecule has 0 aliphatic rings. The molecular formula is C15H16ClNO4. The van der Waals surface area contributed by atoms with Gasteiger partial charge in [-0.3, -0.25) is 4.79 Å². The highest BCUT2D eigenvalue weighted by Gasteiger charge is 2.24. The summed E-state index contributed by atoms with van der Waals surface area (Å²) in [4.78, 5) is 13.7. The van der Waals surface area contributed by atoms with Crippen molar-refractivity contribution in [2.75, 3.05) is 20.8 Å². The van der Waals surface area contributed by atoms with Crippen LogP contribution in [0.2, 0.25) is 5.22 Å². The molecule has 2 rings (SSSR count). The number of carbonyl (C=O) groups is 1. The third kappa shape index (κ3) is 3.37. The Balaban J connectivity index is 2.21. The number of benzene rings is 1. The first-order valence-electron chi connectivity index (χ1n) is 6.34. The fourth-order valence-corrected chi connectivity index (χ4v) is 2.17. The Morgan fingerprint density at radius 3 is 2.48 bits per heavy atom. The molecule has 1 N–H and O–H groups in total. The fraction of sp³-hybridized carbons (Fsp3) is 0.267. The topological polar surface area (TPSA) is 62.9 Å². The molecule has 1 atom stereocenters. The summed E-state index contributed by atoms with van der Waals surface area (Å²) in [5.41, 5.74) is 0.798. The number of methoxy groups -OCH3 is 1. The van der Waals surface area contributed by atoms with E-state index in [-0.39, 0.29) is 23.5 Å². The highest BCUT2D eigenvalue weighted by molar-refractivity contribution is 6.29. The highest BCUT2D eigenvalue weighted by atomic mass is 35.5. The van der Waals surface area contributed by atoms with Crippen molar-refractivity contribution >= 4 is 17.5 Å². The molecule has 1 aromatic carbocycles. The van der Waals surface area contributed by atoms with Gasteiger partial charge < -0.3 is 19.2 Å². The van der Waals surface area contributed by atoms with Crippen molar-refractivity contribution in [1.29, 1.82) is 0 Å². The van der Waals surface area contributed by atoms with Crippen molar-refractivity contribution in [3.05, 3.63) is 52.9 Å². The van der Waals surface area contributed by atoms with Crippen LogP contribution in [0.4, 0.5) is 0 Å². The van der Waals surface area contributed by atoms with Crippen LogP contribution in [0.25, 0.3) is 0 Å². The Labute approximate surface area is 127 Å². The van der Waals surface area contributed by atoms with Crippen molar-refractivity contribution in [1.82, 2.24) is 4.90 Å². The number of hydrogen-bond donors (Lipinski definition) is 1. The predicted molar refractivity (Wildman–Crippen MR) is 78.6 cm³/mol. The van der Waals surface area contributed by atoms with E-state index in [1.807, 2.05) is 0 Å². The normalized spacial score (nSPS) is 12.0. The lowest BCUT2D eigenvalue weighted by molar-refractivity contribution is 0.0627. The average Bonchev–Trinajstić information content (AvgIpc) is 2.94. The van der Waals surface area contributed by atoms with Crippen molar-refractivity contribution in [3.8, 4) is 5.75 Å².